The Morgan fingerprint density at radius 3 is 2.70 bits per heavy atom. The molecule has 1 aromatic heterocycles. The second-order valence-electron chi connectivity index (χ2n) is 5.95. The standard InChI is InChI=1S/C16H18F3N5O2S/c17-16(18,19)26-11-5-3-9(4-6-11)23-15-24-13(20)12(27-15)14(25)22-10-2-1-7-21-8-10/h3-6,10,21H,1-2,7-8,20H2,(H,22,25)(H,23,24). The number of piperidine rings is 1. The highest BCUT2D eigenvalue weighted by Gasteiger charge is 2.31. The van der Waals surface area contributed by atoms with E-state index >= 15 is 0 Å². The second-order valence-corrected chi connectivity index (χ2v) is 6.95. The van der Waals surface area contributed by atoms with Crippen LogP contribution in [0.25, 0.3) is 0 Å². The Morgan fingerprint density at radius 2 is 2.07 bits per heavy atom. The van der Waals surface area contributed by atoms with Gasteiger partial charge in [0.1, 0.15) is 16.4 Å². The molecule has 1 amide bonds. The number of nitrogens with two attached hydrogens (primary N) is 1. The van der Waals surface area contributed by atoms with E-state index < -0.39 is 6.36 Å². The maximum atomic E-state index is 12.4. The number of benzene rings is 1. The number of halogens is 3. The van der Waals surface area contributed by atoms with E-state index in [0.717, 1.165) is 30.7 Å². The van der Waals surface area contributed by atoms with E-state index in [1.165, 1.54) is 24.3 Å². The van der Waals surface area contributed by atoms with Crippen LogP contribution in [0.4, 0.5) is 29.8 Å². The van der Waals surface area contributed by atoms with E-state index in [-0.39, 0.29) is 23.5 Å². The van der Waals surface area contributed by atoms with Crippen molar-refractivity contribution in [3.63, 3.8) is 0 Å². The van der Waals surface area contributed by atoms with Gasteiger partial charge in [-0.25, -0.2) is 4.98 Å². The highest BCUT2D eigenvalue weighted by atomic mass is 32.1. The highest BCUT2D eigenvalue weighted by Crippen LogP contribution is 2.29. The van der Waals surface area contributed by atoms with E-state index in [1.807, 2.05) is 0 Å². The molecule has 1 saturated heterocycles. The van der Waals surface area contributed by atoms with Gasteiger partial charge in [0, 0.05) is 18.3 Å². The average molecular weight is 401 g/mol. The maximum Gasteiger partial charge on any atom is 0.573 e. The van der Waals surface area contributed by atoms with E-state index in [1.54, 1.807) is 0 Å². The van der Waals surface area contributed by atoms with Gasteiger partial charge in [-0.05, 0) is 43.7 Å². The third-order valence-corrected chi connectivity index (χ3v) is 4.82. The lowest BCUT2D eigenvalue weighted by Crippen LogP contribution is -2.45. The summed E-state index contributed by atoms with van der Waals surface area (Å²) < 4.78 is 40.3. The molecule has 11 heteroatoms. The molecule has 0 radical (unpaired) electrons. The molecule has 0 aliphatic carbocycles. The quantitative estimate of drug-likeness (QED) is 0.615. The molecule has 7 nitrogen and oxygen atoms in total. The minimum Gasteiger partial charge on any atom is -0.406 e. The fourth-order valence-electron chi connectivity index (χ4n) is 2.64. The Labute approximate surface area is 157 Å². The van der Waals surface area contributed by atoms with E-state index in [9.17, 15) is 18.0 Å². The minimum absolute atomic E-state index is 0.0466. The fraction of sp³-hybridized carbons (Fsp3) is 0.375. The van der Waals surface area contributed by atoms with Gasteiger partial charge in [-0.3, -0.25) is 4.79 Å². The van der Waals surface area contributed by atoms with Crippen molar-refractivity contribution >= 4 is 33.9 Å². The van der Waals surface area contributed by atoms with E-state index in [4.69, 9.17) is 5.73 Å². The van der Waals surface area contributed by atoms with Gasteiger partial charge in [0.05, 0.1) is 0 Å². The Balaban J connectivity index is 1.63. The van der Waals surface area contributed by atoms with Crippen molar-refractivity contribution in [1.82, 2.24) is 15.6 Å². The summed E-state index contributed by atoms with van der Waals surface area (Å²) in [6, 6.07) is 5.22. The average Bonchev–Trinajstić information content (AvgIpc) is 2.97. The number of rotatable bonds is 5. The number of nitrogens with one attached hydrogen (secondary N) is 3. The molecule has 1 fully saturated rings. The molecular formula is C16H18F3N5O2S. The number of alkyl halides is 3. The first-order valence-corrected chi connectivity index (χ1v) is 9.02. The topological polar surface area (TPSA) is 101 Å². The second kappa shape index (κ2) is 8.01. The summed E-state index contributed by atoms with van der Waals surface area (Å²) in [4.78, 5) is 16.8. The summed E-state index contributed by atoms with van der Waals surface area (Å²) in [6.45, 7) is 1.65. The molecule has 2 aromatic rings. The Bertz CT molecular complexity index is 788. The highest BCUT2D eigenvalue weighted by molar-refractivity contribution is 7.18. The largest absolute Gasteiger partial charge is 0.573 e. The summed E-state index contributed by atoms with van der Waals surface area (Å²) in [5.74, 6) is -0.519. The van der Waals surface area contributed by atoms with Gasteiger partial charge in [0.15, 0.2) is 5.13 Å². The zero-order valence-electron chi connectivity index (χ0n) is 14.1. The Kier molecular flexibility index (Phi) is 5.71. The molecule has 1 atom stereocenters. The van der Waals surface area contributed by atoms with Crippen molar-refractivity contribution in [3.8, 4) is 5.75 Å². The van der Waals surface area contributed by atoms with Crippen LogP contribution in [0.5, 0.6) is 5.75 Å². The van der Waals surface area contributed by atoms with Crippen molar-refractivity contribution in [2.75, 3.05) is 24.1 Å². The fourth-order valence-corrected chi connectivity index (χ4v) is 3.45. The number of carbonyl (C=O) groups is 1. The summed E-state index contributed by atoms with van der Waals surface area (Å²) >= 11 is 1.07. The molecule has 2 heterocycles. The number of carbonyl (C=O) groups excluding carboxylic acids is 1. The van der Waals surface area contributed by atoms with Gasteiger partial charge in [-0.2, -0.15) is 0 Å². The molecule has 1 unspecified atom stereocenters. The first-order chi connectivity index (χ1) is 12.8. The van der Waals surface area contributed by atoms with Crippen LogP contribution in [-0.2, 0) is 0 Å². The smallest absolute Gasteiger partial charge is 0.406 e. The summed E-state index contributed by atoms with van der Waals surface area (Å²) in [7, 11) is 0. The molecule has 5 N–H and O–H groups in total. The SMILES string of the molecule is Nc1nc(Nc2ccc(OC(F)(F)F)cc2)sc1C(=O)NC1CCCNC1. The summed E-state index contributed by atoms with van der Waals surface area (Å²) in [5, 5.41) is 9.41. The van der Waals surface area contributed by atoms with Crippen LogP contribution >= 0.6 is 11.3 Å². The molecule has 0 saturated carbocycles. The van der Waals surface area contributed by atoms with Crippen LogP contribution < -0.4 is 26.4 Å². The van der Waals surface area contributed by atoms with Crippen molar-refractivity contribution in [1.29, 1.82) is 0 Å². The molecular weight excluding hydrogens is 383 g/mol. The van der Waals surface area contributed by atoms with Gasteiger partial charge < -0.3 is 26.4 Å². The van der Waals surface area contributed by atoms with Gasteiger partial charge >= 0.3 is 6.36 Å². The number of aromatic nitrogens is 1. The van der Waals surface area contributed by atoms with Crippen LogP contribution in [0, 0.1) is 0 Å². The number of hydrogen-bond donors (Lipinski definition) is 4. The number of nitrogen functional groups attached to an aromatic ring is 1. The van der Waals surface area contributed by atoms with Crippen molar-refractivity contribution in [2.45, 2.75) is 25.2 Å². The first-order valence-electron chi connectivity index (χ1n) is 8.21. The molecule has 0 spiro atoms. The van der Waals surface area contributed by atoms with Crippen LogP contribution in [0.3, 0.4) is 0 Å². The molecule has 27 heavy (non-hydrogen) atoms. The van der Waals surface area contributed by atoms with Gasteiger partial charge in [-0.15, -0.1) is 13.2 Å². The number of anilines is 3. The lowest BCUT2D eigenvalue weighted by molar-refractivity contribution is -0.274. The van der Waals surface area contributed by atoms with Gasteiger partial charge in [-0.1, -0.05) is 11.3 Å². The third kappa shape index (κ3) is 5.47. The molecule has 1 aliphatic heterocycles. The summed E-state index contributed by atoms with van der Waals surface area (Å²) in [5.41, 5.74) is 6.32. The van der Waals surface area contributed by atoms with E-state index in [0.29, 0.717) is 22.2 Å². The Hall–Kier alpha value is -2.53. The molecule has 3 rings (SSSR count). The van der Waals surface area contributed by atoms with Crippen LogP contribution in [0.2, 0.25) is 0 Å². The predicted molar refractivity (Wildman–Crippen MR) is 96.3 cm³/mol. The molecule has 1 aliphatic rings. The van der Waals surface area contributed by atoms with Gasteiger partial charge in [0.25, 0.3) is 5.91 Å². The summed E-state index contributed by atoms with van der Waals surface area (Å²) in [6.07, 6.45) is -2.85. The van der Waals surface area contributed by atoms with Crippen molar-refractivity contribution in [3.05, 3.63) is 29.1 Å². The lowest BCUT2D eigenvalue weighted by atomic mass is 10.1. The third-order valence-electron chi connectivity index (χ3n) is 3.83. The van der Waals surface area contributed by atoms with Crippen LogP contribution in [0.15, 0.2) is 24.3 Å². The molecule has 0 bridgehead atoms. The van der Waals surface area contributed by atoms with Crippen LogP contribution in [0.1, 0.15) is 22.5 Å². The normalized spacial score (nSPS) is 17.4. The minimum atomic E-state index is -4.74. The number of thiazole rings is 1. The predicted octanol–water partition coefficient (Wildman–Crippen LogP) is 2.85. The van der Waals surface area contributed by atoms with Crippen molar-refractivity contribution in [2.24, 2.45) is 0 Å². The lowest BCUT2D eigenvalue weighted by Gasteiger charge is -2.23. The van der Waals surface area contributed by atoms with Crippen molar-refractivity contribution < 1.29 is 22.7 Å². The Morgan fingerprint density at radius 1 is 1.33 bits per heavy atom. The monoisotopic (exact) mass is 401 g/mol. The van der Waals surface area contributed by atoms with Gasteiger partial charge in [0.2, 0.25) is 0 Å². The zero-order valence-corrected chi connectivity index (χ0v) is 14.9. The molecule has 1 aromatic carbocycles. The number of hydrogen-bond acceptors (Lipinski definition) is 7. The first kappa shape index (κ1) is 19.2. The molecule has 146 valence electrons. The maximum absolute atomic E-state index is 12.4. The zero-order chi connectivity index (χ0) is 19.4. The number of ether oxygens (including phenoxy) is 1. The number of nitrogens with zero attached hydrogens (tertiary/aromatic N) is 1. The van der Waals surface area contributed by atoms with Crippen LogP contribution in [-0.4, -0.2) is 36.4 Å². The number of amides is 1. The van der Waals surface area contributed by atoms with E-state index in [2.05, 4.69) is 25.7 Å².